The number of rotatable bonds is 7. The Hall–Kier alpha value is -1.92. The lowest BCUT2D eigenvalue weighted by atomic mass is 9.93. The fourth-order valence-electron chi connectivity index (χ4n) is 1.94. The predicted molar refractivity (Wildman–Crippen MR) is 96.6 cm³/mol. The quantitative estimate of drug-likeness (QED) is 0.780. The molecule has 2 aromatic rings. The lowest BCUT2D eigenvalue weighted by Gasteiger charge is -2.14. The number of nitrogens with one attached hydrogen (secondary N) is 1. The summed E-state index contributed by atoms with van der Waals surface area (Å²) in [5.74, 6) is 0.499. The van der Waals surface area contributed by atoms with Crippen LogP contribution in [0.25, 0.3) is 10.6 Å². The van der Waals surface area contributed by atoms with E-state index in [-0.39, 0.29) is 17.9 Å². The molecule has 1 heterocycles. The van der Waals surface area contributed by atoms with Crippen molar-refractivity contribution < 1.29 is 14.3 Å². The van der Waals surface area contributed by atoms with E-state index in [4.69, 9.17) is 14.5 Å². The van der Waals surface area contributed by atoms with Crippen LogP contribution in [0.4, 0.5) is 0 Å². The second-order valence-corrected chi connectivity index (χ2v) is 7.30. The first-order valence-corrected chi connectivity index (χ1v) is 8.73. The Morgan fingerprint density at radius 1 is 1.25 bits per heavy atom. The first-order chi connectivity index (χ1) is 11.4. The Kier molecular flexibility index (Phi) is 6.34. The molecule has 1 N–H and O–H groups in total. The van der Waals surface area contributed by atoms with Crippen LogP contribution >= 0.6 is 11.3 Å². The number of methoxy groups -OCH3 is 1. The van der Waals surface area contributed by atoms with E-state index in [1.165, 1.54) is 0 Å². The smallest absolute Gasteiger partial charge is 0.258 e. The van der Waals surface area contributed by atoms with Crippen LogP contribution in [0.5, 0.6) is 5.75 Å². The molecule has 0 saturated heterocycles. The third kappa shape index (κ3) is 5.32. The number of nitrogens with zero attached hydrogens (tertiary/aromatic N) is 1. The molecule has 0 atom stereocenters. The van der Waals surface area contributed by atoms with Gasteiger partial charge in [-0.1, -0.05) is 20.8 Å². The van der Waals surface area contributed by atoms with Gasteiger partial charge < -0.3 is 14.8 Å². The molecule has 0 bridgehead atoms. The number of thiazole rings is 1. The average Bonchev–Trinajstić information content (AvgIpc) is 3.04. The van der Waals surface area contributed by atoms with Gasteiger partial charge in [-0.25, -0.2) is 4.98 Å². The maximum Gasteiger partial charge on any atom is 0.258 e. The van der Waals surface area contributed by atoms with Gasteiger partial charge in [-0.15, -0.1) is 11.3 Å². The molecule has 0 aliphatic heterocycles. The Morgan fingerprint density at radius 2 is 1.96 bits per heavy atom. The second kappa shape index (κ2) is 8.26. The van der Waals surface area contributed by atoms with Crippen LogP contribution in [-0.4, -0.2) is 37.8 Å². The number of amides is 1. The van der Waals surface area contributed by atoms with Gasteiger partial charge in [0.15, 0.2) is 6.61 Å². The fourth-order valence-corrected chi connectivity index (χ4v) is 2.99. The predicted octanol–water partition coefficient (Wildman–Crippen LogP) is 3.25. The van der Waals surface area contributed by atoms with Gasteiger partial charge in [0.1, 0.15) is 10.8 Å². The van der Waals surface area contributed by atoms with E-state index >= 15 is 0 Å². The molecule has 0 radical (unpaired) electrons. The lowest BCUT2D eigenvalue weighted by Crippen LogP contribution is -2.31. The minimum Gasteiger partial charge on any atom is -0.484 e. The Bertz CT molecular complexity index is 660. The van der Waals surface area contributed by atoms with E-state index < -0.39 is 0 Å². The van der Waals surface area contributed by atoms with Crippen LogP contribution in [0.1, 0.15) is 26.5 Å². The molecule has 1 aromatic carbocycles. The molecule has 0 spiro atoms. The topological polar surface area (TPSA) is 60.5 Å². The number of carbonyl (C=O) groups excluding carboxylic acids is 1. The van der Waals surface area contributed by atoms with Crippen molar-refractivity contribution in [1.82, 2.24) is 10.3 Å². The summed E-state index contributed by atoms with van der Waals surface area (Å²) in [6.07, 6.45) is 0. The Morgan fingerprint density at radius 3 is 2.54 bits per heavy atom. The zero-order chi connectivity index (χ0) is 17.6. The summed E-state index contributed by atoms with van der Waals surface area (Å²) in [4.78, 5) is 16.3. The summed E-state index contributed by atoms with van der Waals surface area (Å²) in [7, 11) is 1.59. The summed E-state index contributed by atoms with van der Waals surface area (Å²) in [6, 6.07) is 7.64. The average molecular weight is 348 g/mol. The van der Waals surface area contributed by atoms with Crippen molar-refractivity contribution in [3.63, 3.8) is 0 Å². The molecule has 0 aliphatic rings. The van der Waals surface area contributed by atoms with Crippen molar-refractivity contribution in [2.24, 2.45) is 0 Å². The van der Waals surface area contributed by atoms with Crippen LogP contribution in [-0.2, 0) is 14.9 Å². The zero-order valence-corrected chi connectivity index (χ0v) is 15.4. The van der Waals surface area contributed by atoms with Gasteiger partial charge in [-0.3, -0.25) is 4.79 Å². The van der Waals surface area contributed by atoms with Gasteiger partial charge in [0.05, 0.1) is 12.3 Å². The molecule has 0 fully saturated rings. The number of hydrogen-bond donors (Lipinski definition) is 1. The molecule has 24 heavy (non-hydrogen) atoms. The van der Waals surface area contributed by atoms with E-state index in [9.17, 15) is 4.79 Å². The highest BCUT2D eigenvalue weighted by molar-refractivity contribution is 7.13. The van der Waals surface area contributed by atoms with Gasteiger partial charge >= 0.3 is 0 Å². The highest BCUT2D eigenvalue weighted by Crippen LogP contribution is 2.30. The minimum atomic E-state index is -0.161. The van der Waals surface area contributed by atoms with Crippen molar-refractivity contribution in [3.8, 4) is 16.3 Å². The molecule has 1 aromatic heterocycles. The standard InChI is InChI=1S/C18H24N2O3S/c1-18(2,3)15-12-24-17(20-15)13-5-7-14(8-6-13)23-11-16(21)19-9-10-22-4/h5-8,12H,9-11H2,1-4H3,(H,19,21). The van der Waals surface area contributed by atoms with Crippen LogP contribution in [0, 0.1) is 0 Å². The molecule has 1 amide bonds. The number of benzene rings is 1. The van der Waals surface area contributed by atoms with Gasteiger partial charge in [-0.2, -0.15) is 0 Å². The Labute approximate surface area is 147 Å². The maximum absolute atomic E-state index is 11.6. The number of aromatic nitrogens is 1. The third-order valence-electron chi connectivity index (χ3n) is 3.37. The van der Waals surface area contributed by atoms with E-state index in [2.05, 4.69) is 31.5 Å². The lowest BCUT2D eigenvalue weighted by molar-refractivity contribution is -0.123. The normalized spacial score (nSPS) is 11.3. The molecule has 2 rings (SSSR count). The number of carbonyl (C=O) groups is 1. The van der Waals surface area contributed by atoms with Crippen molar-refractivity contribution in [2.45, 2.75) is 26.2 Å². The maximum atomic E-state index is 11.6. The summed E-state index contributed by atoms with van der Waals surface area (Å²) in [5, 5.41) is 5.80. The molecule has 0 aliphatic carbocycles. The second-order valence-electron chi connectivity index (χ2n) is 6.44. The highest BCUT2D eigenvalue weighted by Gasteiger charge is 2.17. The summed E-state index contributed by atoms with van der Waals surface area (Å²) < 4.78 is 10.4. The molecular formula is C18H24N2O3S. The van der Waals surface area contributed by atoms with Crippen molar-refractivity contribution in [2.75, 3.05) is 26.9 Å². The first-order valence-electron chi connectivity index (χ1n) is 7.85. The summed E-state index contributed by atoms with van der Waals surface area (Å²) in [5.41, 5.74) is 2.19. The van der Waals surface area contributed by atoms with Crippen LogP contribution in [0.15, 0.2) is 29.6 Å². The van der Waals surface area contributed by atoms with Crippen LogP contribution < -0.4 is 10.1 Å². The minimum absolute atomic E-state index is 0.00547. The van der Waals surface area contributed by atoms with Crippen molar-refractivity contribution in [1.29, 1.82) is 0 Å². The molecule has 0 unspecified atom stereocenters. The van der Waals surface area contributed by atoms with Gasteiger partial charge in [0, 0.05) is 30.0 Å². The van der Waals surface area contributed by atoms with E-state index in [0.717, 1.165) is 16.3 Å². The van der Waals surface area contributed by atoms with Crippen molar-refractivity contribution >= 4 is 17.2 Å². The van der Waals surface area contributed by atoms with E-state index in [1.54, 1.807) is 18.4 Å². The largest absolute Gasteiger partial charge is 0.484 e. The zero-order valence-electron chi connectivity index (χ0n) is 14.6. The summed E-state index contributed by atoms with van der Waals surface area (Å²) >= 11 is 1.64. The van der Waals surface area contributed by atoms with Gasteiger partial charge in [0.25, 0.3) is 5.91 Å². The molecule has 0 saturated carbocycles. The van der Waals surface area contributed by atoms with Crippen LogP contribution in [0.2, 0.25) is 0 Å². The highest BCUT2D eigenvalue weighted by atomic mass is 32.1. The number of hydrogen-bond acceptors (Lipinski definition) is 5. The van der Waals surface area contributed by atoms with Crippen LogP contribution in [0.3, 0.4) is 0 Å². The molecule has 130 valence electrons. The first kappa shape index (κ1) is 18.4. The van der Waals surface area contributed by atoms with E-state index in [0.29, 0.717) is 18.9 Å². The Balaban J connectivity index is 1.91. The van der Waals surface area contributed by atoms with E-state index in [1.807, 2.05) is 24.3 Å². The molecule has 5 nitrogen and oxygen atoms in total. The van der Waals surface area contributed by atoms with Crippen molar-refractivity contribution in [3.05, 3.63) is 35.3 Å². The molecular weight excluding hydrogens is 324 g/mol. The van der Waals surface area contributed by atoms with Gasteiger partial charge in [-0.05, 0) is 24.3 Å². The molecule has 6 heteroatoms. The monoisotopic (exact) mass is 348 g/mol. The number of ether oxygens (including phenoxy) is 2. The fraction of sp³-hybridized carbons (Fsp3) is 0.444. The third-order valence-corrected chi connectivity index (χ3v) is 4.26. The summed E-state index contributed by atoms with van der Waals surface area (Å²) in [6.45, 7) is 7.43. The SMILES string of the molecule is COCCNC(=O)COc1ccc(-c2nc(C(C)(C)C)cs2)cc1. The van der Waals surface area contributed by atoms with Gasteiger partial charge in [0.2, 0.25) is 0 Å².